The molecule has 1 aromatic carbocycles. The van der Waals surface area contributed by atoms with E-state index in [0.717, 1.165) is 19.3 Å². The number of carbonyl (C=O) groups is 2. The third kappa shape index (κ3) is 5.13. The predicted molar refractivity (Wildman–Crippen MR) is 113 cm³/mol. The van der Waals surface area contributed by atoms with Gasteiger partial charge in [0.15, 0.2) is 11.5 Å². The van der Waals surface area contributed by atoms with Gasteiger partial charge in [-0.2, -0.15) is 0 Å². The van der Waals surface area contributed by atoms with Gasteiger partial charge in [0.2, 0.25) is 12.0 Å². The van der Waals surface area contributed by atoms with Crippen molar-refractivity contribution in [2.24, 2.45) is 5.92 Å². The van der Waals surface area contributed by atoms with E-state index in [-0.39, 0.29) is 29.9 Å². The van der Waals surface area contributed by atoms with E-state index in [1.165, 1.54) is 0 Å². The summed E-state index contributed by atoms with van der Waals surface area (Å²) in [5, 5.41) is 3.32. The Balaban J connectivity index is 1.36. The van der Waals surface area contributed by atoms with Crippen LogP contribution in [0.4, 0.5) is 0 Å². The van der Waals surface area contributed by atoms with Crippen molar-refractivity contribution in [3.05, 3.63) is 24.3 Å². The van der Waals surface area contributed by atoms with Gasteiger partial charge in [-0.05, 0) is 44.2 Å². The fourth-order valence-corrected chi connectivity index (χ4v) is 4.56. The van der Waals surface area contributed by atoms with Crippen LogP contribution in [0.3, 0.4) is 0 Å². The second kappa shape index (κ2) is 9.87. The number of ether oxygens (including phenoxy) is 4. The van der Waals surface area contributed by atoms with Crippen LogP contribution in [-0.2, 0) is 19.1 Å². The fourth-order valence-electron chi connectivity index (χ4n) is 4.56. The molecule has 3 heterocycles. The van der Waals surface area contributed by atoms with Gasteiger partial charge in [-0.25, -0.2) is 0 Å². The second-order valence-electron chi connectivity index (χ2n) is 8.59. The number of benzene rings is 1. The standard InChI is InChI=1S/C23H32N2O6/c1-28-15-10-23(24-21(26)17-6-13-29-14-7-17)8-11-25(12-9-23)22(27)20-16-30-18-4-2-3-5-19(18)31-20/h2-5,17,20H,6-16H2,1H3,(H,24,26). The van der Waals surface area contributed by atoms with E-state index >= 15 is 0 Å². The summed E-state index contributed by atoms with van der Waals surface area (Å²) in [6, 6.07) is 7.39. The van der Waals surface area contributed by atoms with Crippen LogP contribution in [0.2, 0.25) is 0 Å². The number of piperidine rings is 1. The molecule has 1 atom stereocenters. The smallest absolute Gasteiger partial charge is 0.267 e. The molecule has 0 spiro atoms. The minimum atomic E-state index is -0.641. The van der Waals surface area contributed by atoms with Gasteiger partial charge in [0.05, 0.1) is 0 Å². The molecule has 8 heteroatoms. The van der Waals surface area contributed by atoms with Crippen molar-refractivity contribution in [3.8, 4) is 11.5 Å². The van der Waals surface area contributed by atoms with Gasteiger partial charge in [-0.3, -0.25) is 9.59 Å². The number of hydrogen-bond acceptors (Lipinski definition) is 6. The lowest BCUT2D eigenvalue weighted by molar-refractivity contribution is -0.143. The molecule has 0 aliphatic carbocycles. The maximum atomic E-state index is 13.1. The van der Waals surface area contributed by atoms with Gasteiger partial charge < -0.3 is 29.2 Å². The Kier molecular flexibility index (Phi) is 6.97. The zero-order valence-electron chi connectivity index (χ0n) is 18.1. The molecule has 1 aromatic rings. The fraction of sp³-hybridized carbons (Fsp3) is 0.652. The van der Waals surface area contributed by atoms with E-state index in [2.05, 4.69) is 5.32 Å². The largest absolute Gasteiger partial charge is 0.485 e. The van der Waals surface area contributed by atoms with Crippen LogP contribution >= 0.6 is 0 Å². The molecule has 8 nitrogen and oxygen atoms in total. The van der Waals surface area contributed by atoms with Gasteiger partial charge >= 0.3 is 0 Å². The molecular weight excluding hydrogens is 400 g/mol. The first-order valence-corrected chi connectivity index (χ1v) is 11.2. The van der Waals surface area contributed by atoms with Gasteiger partial charge in [-0.1, -0.05) is 12.1 Å². The van der Waals surface area contributed by atoms with E-state index in [4.69, 9.17) is 18.9 Å². The quantitative estimate of drug-likeness (QED) is 0.737. The molecule has 0 aromatic heterocycles. The Hall–Kier alpha value is -2.32. The minimum Gasteiger partial charge on any atom is -0.485 e. The third-order valence-electron chi connectivity index (χ3n) is 6.58. The highest BCUT2D eigenvalue weighted by Gasteiger charge is 2.40. The molecule has 3 aliphatic rings. The summed E-state index contributed by atoms with van der Waals surface area (Å²) < 4.78 is 22.3. The number of methoxy groups -OCH3 is 1. The first kappa shape index (κ1) is 21.9. The number of amides is 2. The van der Waals surface area contributed by atoms with Crippen LogP contribution in [-0.4, -0.2) is 75.0 Å². The number of likely N-dealkylation sites (tertiary alicyclic amines) is 1. The Labute approximate surface area is 183 Å². The average Bonchev–Trinajstić information content (AvgIpc) is 2.83. The number of hydrogen-bond donors (Lipinski definition) is 1. The number of rotatable bonds is 6. The molecule has 2 fully saturated rings. The van der Waals surface area contributed by atoms with Crippen molar-refractivity contribution >= 4 is 11.8 Å². The highest BCUT2D eigenvalue weighted by atomic mass is 16.6. The van der Waals surface area contributed by atoms with Crippen molar-refractivity contribution in [1.29, 1.82) is 0 Å². The molecule has 2 saturated heterocycles. The number of carbonyl (C=O) groups excluding carboxylic acids is 2. The van der Waals surface area contributed by atoms with Gasteiger partial charge in [0.25, 0.3) is 5.91 Å². The molecule has 0 radical (unpaired) electrons. The topological polar surface area (TPSA) is 86.3 Å². The molecule has 0 bridgehead atoms. The van der Waals surface area contributed by atoms with E-state index in [9.17, 15) is 9.59 Å². The van der Waals surface area contributed by atoms with Crippen LogP contribution in [0, 0.1) is 5.92 Å². The lowest BCUT2D eigenvalue weighted by Gasteiger charge is -2.44. The SMILES string of the molecule is COCCC1(NC(=O)C2CCOCC2)CCN(C(=O)C2COc3ccccc3O2)CC1. The van der Waals surface area contributed by atoms with Gasteiger partial charge in [-0.15, -0.1) is 0 Å². The van der Waals surface area contributed by atoms with Crippen LogP contribution in [0.25, 0.3) is 0 Å². The van der Waals surface area contributed by atoms with Gasteiger partial charge in [0, 0.05) is 51.5 Å². The number of nitrogens with one attached hydrogen (secondary N) is 1. The van der Waals surface area contributed by atoms with Crippen LogP contribution in [0.5, 0.6) is 11.5 Å². The summed E-state index contributed by atoms with van der Waals surface area (Å²) in [7, 11) is 1.67. The normalized spacial score (nSPS) is 23.3. The Morgan fingerprint density at radius 1 is 1.16 bits per heavy atom. The molecule has 4 rings (SSSR count). The van der Waals surface area contributed by atoms with Crippen molar-refractivity contribution < 1.29 is 28.5 Å². The van der Waals surface area contributed by atoms with Gasteiger partial charge in [0.1, 0.15) is 6.61 Å². The minimum absolute atomic E-state index is 0.000636. The summed E-state index contributed by atoms with van der Waals surface area (Å²) in [4.78, 5) is 27.8. The number of para-hydroxylation sites is 2. The van der Waals surface area contributed by atoms with Crippen LogP contribution in [0.1, 0.15) is 32.1 Å². The molecule has 0 saturated carbocycles. The highest BCUT2D eigenvalue weighted by molar-refractivity contribution is 5.82. The summed E-state index contributed by atoms with van der Waals surface area (Å²) in [5.41, 5.74) is -0.349. The molecule has 2 amide bonds. The number of nitrogens with zero attached hydrogens (tertiary/aromatic N) is 1. The Morgan fingerprint density at radius 3 is 2.58 bits per heavy atom. The van der Waals surface area contributed by atoms with E-state index < -0.39 is 6.10 Å². The second-order valence-corrected chi connectivity index (χ2v) is 8.59. The molecular formula is C23H32N2O6. The van der Waals surface area contributed by atoms with Crippen molar-refractivity contribution in [2.45, 2.75) is 43.7 Å². The molecule has 31 heavy (non-hydrogen) atoms. The predicted octanol–water partition coefficient (Wildman–Crippen LogP) is 1.77. The summed E-state index contributed by atoms with van der Waals surface area (Å²) in [5.74, 6) is 1.30. The molecule has 170 valence electrons. The Bertz CT molecular complexity index is 771. The first-order chi connectivity index (χ1) is 15.1. The lowest BCUT2D eigenvalue weighted by atomic mass is 9.83. The molecule has 1 unspecified atom stereocenters. The lowest BCUT2D eigenvalue weighted by Crippen LogP contribution is -2.59. The monoisotopic (exact) mass is 432 g/mol. The Morgan fingerprint density at radius 2 is 1.87 bits per heavy atom. The average molecular weight is 433 g/mol. The molecule has 1 N–H and O–H groups in total. The summed E-state index contributed by atoms with van der Waals surface area (Å²) >= 11 is 0. The highest BCUT2D eigenvalue weighted by Crippen LogP contribution is 2.33. The molecule has 3 aliphatic heterocycles. The van der Waals surface area contributed by atoms with E-state index in [1.54, 1.807) is 7.11 Å². The zero-order chi connectivity index (χ0) is 21.7. The van der Waals surface area contributed by atoms with Crippen LogP contribution < -0.4 is 14.8 Å². The maximum absolute atomic E-state index is 13.1. The van der Waals surface area contributed by atoms with Crippen molar-refractivity contribution in [2.75, 3.05) is 46.6 Å². The van der Waals surface area contributed by atoms with Crippen LogP contribution in [0.15, 0.2) is 24.3 Å². The summed E-state index contributed by atoms with van der Waals surface area (Å²) in [6.07, 6.45) is 3.01. The first-order valence-electron chi connectivity index (χ1n) is 11.2. The van der Waals surface area contributed by atoms with Crippen molar-refractivity contribution in [1.82, 2.24) is 10.2 Å². The van der Waals surface area contributed by atoms with Crippen molar-refractivity contribution in [3.63, 3.8) is 0 Å². The third-order valence-corrected chi connectivity index (χ3v) is 6.58. The van der Waals surface area contributed by atoms with E-state index in [1.807, 2.05) is 29.2 Å². The van der Waals surface area contributed by atoms with E-state index in [0.29, 0.717) is 57.3 Å². The maximum Gasteiger partial charge on any atom is 0.267 e. The summed E-state index contributed by atoms with van der Waals surface area (Å²) in [6.45, 7) is 3.19. The zero-order valence-corrected chi connectivity index (χ0v) is 18.1. The number of fused-ring (bicyclic) bond motifs is 1.